The summed E-state index contributed by atoms with van der Waals surface area (Å²) in [5, 5.41) is 9.25. The quantitative estimate of drug-likeness (QED) is 0.414. The Morgan fingerprint density at radius 1 is 0.774 bits per heavy atom. The van der Waals surface area contributed by atoms with Gasteiger partial charge in [-0.3, -0.25) is 5.10 Å². The van der Waals surface area contributed by atoms with Gasteiger partial charge in [-0.1, -0.05) is 30.3 Å². The zero-order valence-electron chi connectivity index (χ0n) is 16.2. The van der Waals surface area contributed by atoms with Crippen LogP contribution in [-0.2, 0) is 0 Å². The van der Waals surface area contributed by atoms with Crippen molar-refractivity contribution >= 4 is 21.9 Å². The second-order valence-corrected chi connectivity index (χ2v) is 7.25. The van der Waals surface area contributed by atoms with Crippen LogP contribution in [0.2, 0.25) is 0 Å². The number of nitrogens with zero attached hydrogens (tertiary/aromatic N) is 4. The molecule has 31 heavy (non-hydrogen) atoms. The summed E-state index contributed by atoms with van der Waals surface area (Å²) in [4.78, 5) is 16.1. The number of rotatable bonds is 3. The summed E-state index contributed by atoms with van der Waals surface area (Å²) in [7, 11) is 0. The molecule has 2 N–H and O–H groups in total. The van der Waals surface area contributed by atoms with Gasteiger partial charge >= 0.3 is 0 Å². The number of hydrogen-bond acceptors (Lipinski definition) is 4. The van der Waals surface area contributed by atoms with Crippen molar-refractivity contribution in [3.63, 3.8) is 0 Å². The molecule has 4 aromatic heterocycles. The topological polar surface area (TPSA) is 83.1 Å². The molecule has 148 valence electrons. The molecule has 0 atom stereocenters. The van der Waals surface area contributed by atoms with Gasteiger partial charge in [0.15, 0.2) is 5.65 Å². The summed E-state index contributed by atoms with van der Waals surface area (Å²) < 4.78 is 14.5. The van der Waals surface area contributed by atoms with Gasteiger partial charge in [0.2, 0.25) is 0 Å². The lowest BCUT2D eigenvalue weighted by atomic mass is 10.0. The molecule has 0 radical (unpaired) electrons. The van der Waals surface area contributed by atoms with E-state index in [1.54, 1.807) is 30.7 Å². The average Bonchev–Trinajstić information content (AvgIpc) is 3.43. The van der Waals surface area contributed by atoms with Crippen LogP contribution in [0, 0.1) is 5.82 Å². The summed E-state index contributed by atoms with van der Waals surface area (Å²) in [5.41, 5.74) is 6.38. The Morgan fingerprint density at radius 2 is 1.61 bits per heavy atom. The number of H-pyrrole nitrogens is 2. The van der Waals surface area contributed by atoms with E-state index < -0.39 is 0 Å². The SMILES string of the molecule is Fc1ccccc1-c1cccc2[nH]c(-c3[nH]nc4ncc(-c5cncnc5)cc34)cc12. The normalized spacial score (nSPS) is 11.4. The van der Waals surface area contributed by atoms with Crippen LogP contribution >= 0.6 is 0 Å². The van der Waals surface area contributed by atoms with Crippen LogP contribution in [0.15, 0.2) is 79.5 Å². The van der Waals surface area contributed by atoms with Gasteiger partial charge in [-0.25, -0.2) is 19.3 Å². The lowest BCUT2D eigenvalue weighted by molar-refractivity contribution is 0.631. The Balaban J connectivity index is 1.53. The molecular formula is C24H15FN6. The Labute approximate surface area is 175 Å². The third kappa shape index (κ3) is 2.86. The Morgan fingerprint density at radius 3 is 2.48 bits per heavy atom. The fraction of sp³-hybridized carbons (Fsp3) is 0. The molecule has 0 spiro atoms. The molecule has 0 fully saturated rings. The van der Waals surface area contributed by atoms with Gasteiger partial charge in [0.1, 0.15) is 12.1 Å². The molecule has 0 saturated heterocycles. The van der Waals surface area contributed by atoms with Gasteiger partial charge in [-0.05, 0) is 29.8 Å². The second kappa shape index (κ2) is 6.84. The number of aromatic nitrogens is 6. The molecule has 0 aliphatic heterocycles. The maximum atomic E-state index is 14.5. The van der Waals surface area contributed by atoms with Crippen LogP contribution in [0.5, 0.6) is 0 Å². The Bertz CT molecular complexity index is 1550. The minimum atomic E-state index is -0.247. The van der Waals surface area contributed by atoms with E-state index in [4.69, 9.17) is 0 Å². The fourth-order valence-electron chi connectivity index (χ4n) is 3.92. The molecule has 0 amide bonds. The summed E-state index contributed by atoms with van der Waals surface area (Å²) in [6.07, 6.45) is 6.75. The Kier molecular flexibility index (Phi) is 3.86. The fourth-order valence-corrected chi connectivity index (χ4v) is 3.92. The molecule has 0 saturated carbocycles. The highest BCUT2D eigenvalue weighted by Gasteiger charge is 2.15. The van der Waals surface area contributed by atoms with Gasteiger partial charge in [-0.15, -0.1) is 0 Å². The number of fused-ring (bicyclic) bond motifs is 2. The monoisotopic (exact) mass is 406 g/mol. The van der Waals surface area contributed by atoms with Crippen LogP contribution in [0.1, 0.15) is 0 Å². The zero-order chi connectivity index (χ0) is 20.8. The molecule has 0 aliphatic rings. The van der Waals surface area contributed by atoms with E-state index in [1.807, 2.05) is 36.4 Å². The van der Waals surface area contributed by atoms with E-state index in [2.05, 4.69) is 30.1 Å². The largest absolute Gasteiger partial charge is 0.353 e. The average molecular weight is 406 g/mol. The molecule has 6 nitrogen and oxygen atoms in total. The number of pyridine rings is 1. The smallest absolute Gasteiger partial charge is 0.181 e. The molecule has 7 heteroatoms. The number of hydrogen-bond donors (Lipinski definition) is 2. The summed E-state index contributed by atoms with van der Waals surface area (Å²) >= 11 is 0. The van der Waals surface area contributed by atoms with E-state index >= 15 is 0 Å². The second-order valence-electron chi connectivity index (χ2n) is 7.25. The van der Waals surface area contributed by atoms with Crippen molar-refractivity contribution < 1.29 is 4.39 Å². The predicted molar refractivity (Wildman–Crippen MR) is 118 cm³/mol. The van der Waals surface area contributed by atoms with Crippen molar-refractivity contribution in [2.45, 2.75) is 0 Å². The van der Waals surface area contributed by atoms with Crippen LogP contribution in [-0.4, -0.2) is 30.1 Å². The third-order valence-corrected chi connectivity index (χ3v) is 5.40. The van der Waals surface area contributed by atoms with E-state index in [0.29, 0.717) is 11.2 Å². The summed E-state index contributed by atoms with van der Waals surface area (Å²) in [6, 6.07) is 16.7. The minimum Gasteiger partial charge on any atom is -0.353 e. The molecule has 6 rings (SSSR count). The van der Waals surface area contributed by atoms with Gasteiger partial charge < -0.3 is 4.98 Å². The first-order valence-electron chi connectivity index (χ1n) is 9.74. The van der Waals surface area contributed by atoms with Crippen molar-refractivity contribution in [2.24, 2.45) is 0 Å². The highest BCUT2D eigenvalue weighted by molar-refractivity contribution is 6.01. The van der Waals surface area contributed by atoms with E-state index in [1.165, 1.54) is 12.4 Å². The predicted octanol–water partition coefficient (Wildman–Crippen LogP) is 5.37. The van der Waals surface area contributed by atoms with Crippen LogP contribution in [0.25, 0.3) is 55.6 Å². The molecule has 0 aliphatic carbocycles. The van der Waals surface area contributed by atoms with Gasteiger partial charge in [0.05, 0.1) is 11.4 Å². The van der Waals surface area contributed by atoms with E-state index in [0.717, 1.165) is 44.4 Å². The standard InChI is InChI=1S/C24H15FN6/c25-20-6-2-1-4-17(20)16-5-3-7-21-18(16)9-22(29-21)23-19-8-14(12-28-24(19)31-30-23)15-10-26-13-27-11-15/h1-13,29H,(H,28,30,31). The van der Waals surface area contributed by atoms with Crippen LogP contribution in [0.3, 0.4) is 0 Å². The van der Waals surface area contributed by atoms with Gasteiger partial charge in [0, 0.05) is 51.6 Å². The first kappa shape index (κ1) is 17.5. The summed E-state index contributed by atoms with van der Waals surface area (Å²) in [6.45, 7) is 0. The molecule has 4 heterocycles. The molecule has 2 aromatic carbocycles. The molecule has 0 unspecified atom stereocenters. The lowest BCUT2D eigenvalue weighted by Gasteiger charge is -2.04. The lowest BCUT2D eigenvalue weighted by Crippen LogP contribution is -1.85. The van der Waals surface area contributed by atoms with Crippen molar-refractivity contribution in [3.05, 3.63) is 85.3 Å². The molecular weight excluding hydrogens is 391 g/mol. The maximum Gasteiger partial charge on any atom is 0.181 e. The minimum absolute atomic E-state index is 0.247. The highest BCUT2D eigenvalue weighted by Crippen LogP contribution is 2.35. The van der Waals surface area contributed by atoms with Gasteiger partial charge in [-0.2, -0.15) is 5.10 Å². The first-order chi connectivity index (χ1) is 15.3. The van der Waals surface area contributed by atoms with Crippen molar-refractivity contribution in [1.82, 2.24) is 30.1 Å². The van der Waals surface area contributed by atoms with Gasteiger partial charge in [0.25, 0.3) is 0 Å². The van der Waals surface area contributed by atoms with Crippen LogP contribution in [0.4, 0.5) is 4.39 Å². The van der Waals surface area contributed by atoms with Crippen LogP contribution < -0.4 is 0 Å². The number of nitrogens with one attached hydrogen (secondary N) is 2. The van der Waals surface area contributed by atoms with Crippen molar-refractivity contribution in [2.75, 3.05) is 0 Å². The maximum absolute atomic E-state index is 14.5. The number of benzene rings is 2. The molecule has 0 bridgehead atoms. The van der Waals surface area contributed by atoms with Crippen molar-refractivity contribution in [3.8, 4) is 33.6 Å². The van der Waals surface area contributed by atoms with E-state index in [9.17, 15) is 4.39 Å². The van der Waals surface area contributed by atoms with Crippen molar-refractivity contribution in [1.29, 1.82) is 0 Å². The number of aromatic amines is 2. The summed E-state index contributed by atoms with van der Waals surface area (Å²) in [5.74, 6) is -0.247. The van der Waals surface area contributed by atoms with E-state index in [-0.39, 0.29) is 5.82 Å². The third-order valence-electron chi connectivity index (χ3n) is 5.40. The first-order valence-corrected chi connectivity index (χ1v) is 9.74. The zero-order valence-corrected chi connectivity index (χ0v) is 16.2. The molecule has 6 aromatic rings. The Hall–Kier alpha value is -4.39. The highest BCUT2D eigenvalue weighted by atomic mass is 19.1. The number of halogens is 1.